The van der Waals surface area contributed by atoms with E-state index in [4.69, 9.17) is 5.73 Å². The number of anilines is 1. The van der Waals surface area contributed by atoms with Gasteiger partial charge in [0.2, 0.25) is 0 Å². The van der Waals surface area contributed by atoms with Gasteiger partial charge in [-0.1, -0.05) is 25.1 Å². The summed E-state index contributed by atoms with van der Waals surface area (Å²) in [6.45, 7) is 1.78. The number of rotatable bonds is 3. The number of hydrogen-bond donors (Lipinski definition) is 2. The highest BCUT2D eigenvalue weighted by molar-refractivity contribution is 5.52. The number of halogens is 1. The topological polar surface area (TPSA) is 59.1 Å². The van der Waals surface area contributed by atoms with Gasteiger partial charge in [0.1, 0.15) is 11.4 Å². The summed E-state index contributed by atoms with van der Waals surface area (Å²) in [6, 6.07) is 7.75. The second kappa shape index (κ2) is 4.74. The molecule has 0 saturated carbocycles. The molecule has 3 N–H and O–H groups in total. The van der Waals surface area contributed by atoms with Gasteiger partial charge in [0.25, 0.3) is 0 Å². The maximum Gasteiger partial charge on any atom is 0.129 e. The number of nitrogens with two attached hydrogens (primary N) is 1. The third kappa shape index (κ3) is 1.95. The van der Waals surface area contributed by atoms with E-state index in [-0.39, 0.29) is 5.56 Å². The Hall–Kier alpha value is -1.94. The zero-order valence-corrected chi connectivity index (χ0v) is 10.1. The average Bonchev–Trinajstić information content (AvgIpc) is 2.39. The Balaban J connectivity index is 2.63. The first kappa shape index (κ1) is 12.5. The summed E-state index contributed by atoms with van der Waals surface area (Å²) in [5, 5.41) is 10.8. The van der Waals surface area contributed by atoms with Crippen molar-refractivity contribution in [2.45, 2.75) is 18.9 Å². The van der Waals surface area contributed by atoms with Crippen LogP contribution in [0.4, 0.5) is 10.1 Å². The molecule has 2 rings (SSSR count). The van der Waals surface area contributed by atoms with E-state index in [2.05, 4.69) is 4.98 Å². The monoisotopic (exact) mass is 246 g/mol. The highest BCUT2D eigenvalue weighted by atomic mass is 19.1. The number of aromatic nitrogens is 1. The molecule has 94 valence electrons. The Labute approximate surface area is 105 Å². The van der Waals surface area contributed by atoms with Gasteiger partial charge in [-0.25, -0.2) is 4.39 Å². The van der Waals surface area contributed by atoms with Gasteiger partial charge < -0.3 is 10.8 Å². The van der Waals surface area contributed by atoms with Crippen molar-refractivity contribution in [1.29, 1.82) is 0 Å². The zero-order valence-electron chi connectivity index (χ0n) is 10.1. The van der Waals surface area contributed by atoms with E-state index < -0.39 is 11.4 Å². The molecule has 0 amide bonds. The molecule has 1 aromatic heterocycles. The molecule has 18 heavy (non-hydrogen) atoms. The Morgan fingerprint density at radius 2 is 2.00 bits per heavy atom. The SMILES string of the molecule is CCC(O)(c1cnccc1N)c1ccccc1F. The molecule has 1 atom stereocenters. The number of pyridine rings is 1. The molecule has 2 aromatic rings. The molecule has 3 nitrogen and oxygen atoms in total. The van der Waals surface area contributed by atoms with Crippen molar-refractivity contribution in [3.8, 4) is 0 Å². The standard InChI is InChI=1S/C14H15FN2O/c1-2-14(18,10-5-3-4-6-12(10)15)11-9-17-8-7-13(11)16/h3-9,18H,2H2,1H3,(H2,16,17). The Kier molecular flexibility index (Phi) is 3.30. The Morgan fingerprint density at radius 3 is 2.61 bits per heavy atom. The number of aliphatic hydroxyl groups is 1. The first-order chi connectivity index (χ1) is 8.59. The van der Waals surface area contributed by atoms with Gasteiger partial charge >= 0.3 is 0 Å². The fourth-order valence-electron chi connectivity index (χ4n) is 2.07. The van der Waals surface area contributed by atoms with Crippen LogP contribution < -0.4 is 5.73 Å². The molecule has 0 aliphatic rings. The Bertz CT molecular complexity index is 511. The van der Waals surface area contributed by atoms with Gasteiger partial charge in [0, 0.05) is 29.2 Å². The lowest BCUT2D eigenvalue weighted by Gasteiger charge is -2.29. The van der Waals surface area contributed by atoms with Crippen LogP contribution in [0.1, 0.15) is 24.5 Å². The highest BCUT2D eigenvalue weighted by Gasteiger charge is 2.34. The number of benzene rings is 1. The van der Waals surface area contributed by atoms with Crippen molar-refractivity contribution in [1.82, 2.24) is 4.98 Å². The van der Waals surface area contributed by atoms with Crippen LogP contribution in [-0.4, -0.2) is 10.1 Å². The molecule has 0 spiro atoms. The van der Waals surface area contributed by atoms with Crippen molar-refractivity contribution in [2.24, 2.45) is 0 Å². The molecule has 0 fully saturated rings. The summed E-state index contributed by atoms with van der Waals surface area (Å²) in [7, 11) is 0. The molecule has 0 saturated heterocycles. The summed E-state index contributed by atoms with van der Waals surface area (Å²) in [5.74, 6) is -0.454. The lowest BCUT2D eigenvalue weighted by molar-refractivity contribution is 0.0730. The predicted octanol–water partition coefficient (Wildman–Crippen LogP) is 2.45. The van der Waals surface area contributed by atoms with E-state index in [1.165, 1.54) is 18.5 Å². The second-order valence-electron chi connectivity index (χ2n) is 4.16. The average molecular weight is 246 g/mol. The van der Waals surface area contributed by atoms with Gasteiger partial charge in [0.05, 0.1) is 0 Å². The van der Waals surface area contributed by atoms with Crippen LogP contribution in [0.2, 0.25) is 0 Å². The van der Waals surface area contributed by atoms with E-state index in [0.29, 0.717) is 17.7 Å². The summed E-state index contributed by atoms with van der Waals surface area (Å²) in [5.41, 5.74) is 5.44. The van der Waals surface area contributed by atoms with Crippen molar-refractivity contribution >= 4 is 5.69 Å². The van der Waals surface area contributed by atoms with Crippen molar-refractivity contribution < 1.29 is 9.50 Å². The fourth-order valence-corrected chi connectivity index (χ4v) is 2.07. The largest absolute Gasteiger partial charge is 0.398 e. The van der Waals surface area contributed by atoms with E-state index in [0.717, 1.165) is 0 Å². The molecule has 1 heterocycles. The lowest BCUT2D eigenvalue weighted by atomic mass is 9.84. The smallest absolute Gasteiger partial charge is 0.129 e. The number of hydrogen-bond acceptors (Lipinski definition) is 3. The molecule has 0 radical (unpaired) electrons. The molecule has 0 bridgehead atoms. The summed E-state index contributed by atoms with van der Waals surface area (Å²) < 4.78 is 13.9. The minimum atomic E-state index is -1.45. The first-order valence-corrected chi connectivity index (χ1v) is 5.77. The molecular formula is C14H15FN2O. The van der Waals surface area contributed by atoms with E-state index >= 15 is 0 Å². The van der Waals surface area contributed by atoms with E-state index in [1.54, 1.807) is 31.2 Å². The summed E-state index contributed by atoms with van der Waals surface area (Å²) in [4.78, 5) is 3.95. The molecule has 0 aliphatic heterocycles. The van der Waals surface area contributed by atoms with Crippen LogP contribution in [-0.2, 0) is 5.60 Å². The molecule has 0 aliphatic carbocycles. The van der Waals surface area contributed by atoms with Crippen LogP contribution in [0.25, 0.3) is 0 Å². The minimum Gasteiger partial charge on any atom is -0.398 e. The number of nitrogens with zero attached hydrogens (tertiary/aromatic N) is 1. The normalized spacial score (nSPS) is 14.2. The van der Waals surface area contributed by atoms with Gasteiger partial charge in [-0.3, -0.25) is 4.98 Å². The van der Waals surface area contributed by atoms with Gasteiger partial charge in [0.15, 0.2) is 0 Å². The predicted molar refractivity (Wildman–Crippen MR) is 68.3 cm³/mol. The quantitative estimate of drug-likeness (QED) is 0.874. The third-order valence-corrected chi connectivity index (χ3v) is 3.13. The summed E-state index contributed by atoms with van der Waals surface area (Å²) in [6.07, 6.45) is 3.32. The van der Waals surface area contributed by atoms with Crippen LogP contribution >= 0.6 is 0 Å². The fraction of sp³-hybridized carbons (Fsp3) is 0.214. The number of nitrogen functional groups attached to an aromatic ring is 1. The van der Waals surface area contributed by atoms with Crippen LogP contribution in [0.15, 0.2) is 42.7 Å². The van der Waals surface area contributed by atoms with E-state index in [9.17, 15) is 9.50 Å². The van der Waals surface area contributed by atoms with Crippen LogP contribution in [0.5, 0.6) is 0 Å². The van der Waals surface area contributed by atoms with Crippen LogP contribution in [0.3, 0.4) is 0 Å². The van der Waals surface area contributed by atoms with E-state index in [1.807, 2.05) is 0 Å². The van der Waals surface area contributed by atoms with Gasteiger partial charge in [-0.2, -0.15) is 0 Å². The second-order valence-corrected chi connectivity index (χ2v) is 4.16. The Morgan fingerprint density at radius 1 is 1.28 bits per heavy atom. The molecule has 4 heteroatoms. The minimum absolute atomic E-state index is 0.215. The van der Waals surface area contributed by atoms with Gasteiger partial charge in [-0.15, -0.1) is 0 Å². The maximum absolute atomic E-state index is 13.9. The van der Waals surface area contributed by atoms with Crippen molar-refractivity contribution in [3.63, 3.8) is 0 Å². The summed E-state index contributed by atoms with van der Waals surface area (Å²) >= 11 is 0. The molecular weight excluding hydrogens is 231 g/mol. The zero-order chi connectivity index (χ0) is 13.2. The van der Waals surface area contributed by atoms with Crippen molar-refractivity contribution in [2.75, 3.05) is 5.73 Å². The first-order valence-electron chi connectivity index (χ1n) is 5.77. The molecule has 1 unspecified atom stereocenters. The van der Waals surface area contributed by atoms with Crippen molar-refractivity contribution in [3.05, 3.63) is 59.7 Å². The highest BCUT2D eigenvalue weighted by Crippen LogP contribution is 2.36. The third-order valence-electron chi connectivity index (χ3n) is 3.13. The molecule has 1 aromatic carbocycles. The van der Waals surface area contributed by atoms with Crippen LogP contribution in [0, 0.1) is 5.82 Å². The maximum atomic E-state index is 13.9. The van der Waals surface area contributed by atoms with Gasteiger partial charge in [-0.05, 0) is 18.6 Å². The lowest BCUT2D eigenvalue weighted by Crippen LogP contribution is -2.29.